The molecule has 0 heterocycles. The Morgan fingerprint density at radius 1 is 1.50 bits per heavy atom. The Hall–Kier alpha value is -0.610. The first-order valence-electron chi connectivity index (χ1n) is 6.02. The second-order valence-corrected chi connectivity index (χ2v) is 5.05. The van der Waals surface area contributed by atoms with E-state index in [-0.39, 0.29) is 24.1 Å². The highest BCUT2D eigenvalue weighted by atomic mass is 16.3. The number of nitrogens with two attached hydrogens (primary N) is 1. The summed E-state index contributed by atoms with van der Waals surface area (Å²) in [5, 5.41) is 11.9. The second-order valence-electron chi connectivity index (χ2n) is 5.05. The van der Waals surface area contributed by atoms with Crippen LogP contribution in [0.15, 0.2) is 0 Å². The molecule has 2 unspecified atom stereocenters. The van der Waals surface area contributed by atoms with E-state index >= 15 is 0 Å². The molecule has 0 spiro atoms. The molecule has 0 rings (SSSR count). The summed E-state index contributed by atoms with van der Waals surface area (Å²) in [7, 11) is 0. The Morgan fingerprint density at radius 2 is 2.06 bits per heavy atom. The Labute approximate surface area is 98.6 Å². The summed E-state index contributed by atoms with van der Waals surface area (Å²) in [5.74, 6) is 0.274. The predicted molar refractivity (Wildman–Crippen MR) is 66.0 cm³/mol. The van der Waals surface area contributed by atoms with E-state index in [2.05, 4.69) is 5.32 Å². The van der Waals surface area contributed by atoms with E-state index in [9.17, 15) is 4.79 Å². The van der Waals surface area contributed by atoms with Crippen molar-refractivity contribution in [2.45, 2.75) is 58.5 Å². The van der Waals surface area contributed by atoms with Crippen molar-refractivity contribution in [2.75, 3.05) is 6.61 Å². The molecular weight excluding hydrogens is 204 g/mol. The molecule has 0 saturated carbocycles. The predicted octanol–water partition coefficient (Wildman–Crippen LogP) is 1.03. The number of aliphatic hydroxyl groups excluding tert-OH is 1. The number of nitrogens with one attached hydrogen (secondary N) is 1. The van der Waals surface area contributed by atoms with Gasteiger partial charge in [0, 0.05) is 24.6 Å². The topological polar surface area (TPSA) is 75.3 Å². The summed E-state index contributed by atoms with van der Waals surface area (Å²) in [4.78, 5) is 11.7. The van der Waals surface area contributed by atoms with E-state index in [1.165, 1.54) is 0 Å². The van der Waals surface area contributed by atoms with Crippen LogP contribution < -0.4 is 11.1 Å². The van der Waals surface area contributed by atoms with Crippen molar-refractivity contribution in [3.8, 4) is 0 Å². The largest absolute Gasteiger partial charge is 0.396 e. The zero-order valence-corrected chi connectivity index (χ0v) is 10.9. The molecule has 16 heavy (non-hydrogen) atoms. The van der Waals surface area contributed by atoms with Crippen LogP contribution in [0.3, 0.4) is 0 Å². The maximum atomic E-state index is 11.7. The fraction of sp³-hybridized carbons (Fsp3) is 0.917. The van der Waals surface area contributed by atoms with Crippen LogP contribution in [0.25, 0.3) is 0 Å². The van der Waals surface area contributed by atoms with Gasteiger partial charge in [-0.05, 0) is 25.7 Å². The highest BCUT2D eigenvalue weighted by Gasteiger charge is 2.24. The van der Waals surface area contributed by atoms with Crippen LogP contribution in [0.5, 0.6) is 0 Å². The van der Waals surface area contributed by atoms with Crippen molar-refractivity contribution in [1.29, 1.82) is 0 Å². The van der Waals surface area contributed by atoms with Gasteiger partial charge >= 0.3 is 0 Å². The van der Waals surface area contributed by atoms with Crippen molar-refractivity contribution in [1.82, 2.24) is 5.32 Å². The highest BCUT2D eigenvalue weighted by molar-refractivity contribution is 5.77. The molecule has 4 N–H and O–H groups in total. The van der Waals surface area contributed by atoms with Gasteiger partial charge in [-0.2, -0.15) is 0 Å². The number of hydrogen-bond donors (Lipinski definition) is 3. The molecule has 0 aromatic carbocycles. The number of amides is 1. The van der Waals surface area contributed by atoms with Crippen molar-refractivity contribution in [3.05, 3.63) is 0 Å². The molecule has 0 aromatic heterocycles. The summed E-state index contributed by atoms with van der Waals surface area (Å²) >= 11 is 0. The molecule has 0 aromatic rings. The molecule has 0 radical (unpaired) electrons. The molecule has 4 nitrogen and oxygen atoms in total. The maximum absolute atomic E-state index is 11.7. The Kier molecular flexibility index (Phi) is 6.60. The minimum atomic E-state index is -0.317. The van der Waals surface area contributed by atoms with Gasteiger partial charge in [-0.3, -0.25) is 4.79 Å². The molecule has 0 saturated heterocycles. The van der Waals surface area contributed by atoms with E-state index < -0.39 is 0 Å². The molecule has 0 aliphatic carbocycles. The lowest BCUT2D eigenvalue weighted by Gasteiger charge is -2.30. The van der Waals surface area contributed by atoms with Gasteiger partial charge in [0.15, 0.2) is 0 Å². The third kappa shape index (κ3) is 5.47. The maximum Gasteiger partial charge on any atom is 0.221 e. The van der Waals surface area contributed by atoms with Crippen LogP contribution in [-0.4, -0.2) is 29.2 Å². The number of carbonyl (C=O) groups is 1. The smallest absolute Gasteiger partial charge is 0.221 e. The van der Waals surface area contributed by atoms with E-state index in [4.69, 9.17) is 10.8 Å². The lowest BCUT2D eigenvalue weighted by molar-refractivity contribution is -0.123. The monoisotopic (exact) mass is 230 g/mol. The minimum absolute atomic E-state index is 0.0287. The SMILES string of the molecule is CCC(C)(CCO)NC(=O)CC(N)C(C)C. The van der Waals surface area contributed by atoms with E-state index in [1.54, 1.807) is 0 Å². The molecule has 1 amide bonds. The lowest BCUT2D eigenvalue weighted by atomic mass is 9.94. The Balaban J connectivity index is 4.21. The summed E-state index contributed by atoms with van der Waals surface area (Å²) < 4.78 is 0. The first kappa shape index (κ1) is 15.4. The lowest BCUT2D eigenvalue weighted by Crippen LogP contribution is -2.48. The number of hydrogen-bond acceptors (Lipinski definition) is 3. The molecule has 96 valence electrons. The molecule has 4 heteroatoms. The molecule has 0 aliphatic rings. The number of aliphatic hydroxyl groups is 1. The van der Waals surface area contributed by atoms with Gasteiger partial charge in [-0.15, -0.1) is 0 Å². The molecule has 0 bridgehead atoms. The van der Waals surface area contributed by atoms with Crippen molar-refractivity contribution in [3.63, 3.8) is 0 Å². The van der Waals surface area contributed by atoms with Crippen LogP contribution in [0.4, 0.5) is 0 Å². The fourth-order valence-corrected chi connectivity index (χ4v) is 1.41. The summed E-state index contributed by atoms with van der Waals surface area (Å²) in [5.41, 5.74) is 5.52. The van der Waals surface area contributed by atoms with E-state index in [1.807, 2.05) is 27.7 Å². The number of rotatable bonds is 7. The van der Waals surface area contributed by atoms with Crippen LogP contribution in [-0.2, 0) is 4.79 Å². The van der Waals surface area contributed by atoms with Crippen LogP contribution in [0, 0.1) is 5.92 Å². The quantitative estimate of drug-likeness (QED) is 0.611. The summed E-state index contributed by atoms with van der Waals surface area (Å²) in [6.07, 6.45) is 1.72. The molecule has 0 fully saturated rings. The van der Waals surface area contributed by atoms with Gasteiger partial charge in [-0.1, -0.05) is 20.8 Å². The van der Waals surface area contributed by atoms with Crippen molar-refractivity contribution >= 4 is 5.91 Å². The van der Waals surface area contributed by atoms with Gasteiger partial charge in [-0.25, -0.2) is 0 Å². The molecule has 2 atom stereocenters. The normalized spacial score (nSPS) is 16.9. The average Bonchev–Trinajstić information content (AvgIpc) is 2.17. The summed E-state index contributed by atoms with van der Waals surface area (Å²) in [6.45, 7) is 8.04. The highest BCUT2D eigenvalue weighted by Crippen LogP contribution is 2.14. The second kappa shape index (κ2) is 6.86. The van der Waals surface area contributed by atoms with Crippen LogP contribution >= 0.6 is 0 Å². The zero-order chi connectivity index (χ0) is 12.8. The van der Waals surface area contributed by atoms with Crippen LogP contribution in [0.1, 0.15) is 47.0 Å². The van der Waals surface area contributed by atoms with E-state index in [0.717, 1.165) is 6.42 Å². The van der Waals surface area contributed by atoms with Gasteiger partial charge < -0.3 is 16.2 Å². The first-order valence-corrected chi connectivity index (χ1v) is 6.02. The standard InChI is InChI=1S/C12H26N2O2/c1-5-12(4,6-7-15)14-11(16)8-10(13)9(2)3/h9-10,15H,5-8,13H2,1-4H3,(H,14,16). The Bertz CT molecular complexity index is 219. The van der Waals surface area contributed by atoms with Crippen molar-refractivity contribution < 1.29 is 9.90 Å². The Morgan fingerprint density at radius 3 is 2.44 bits per heavy atom. The van der Waals surface area contributed by atoms with Crippen molar-refractivity contribution in [2.24, 2.45) is 11.7 Å². The van der Waals surface area contributed by atoms with Gasteiger partial charge in [0.2, 0.25) is 5.91 Å². The van der Waals surface area contributed by atoms with Crippen LogP contribution in [0.2, 0.25) is 0 Å². The van der Waals surface area contributed by atoms with Gasteiger partial charge in [0.25, 0.3) is 0 Å². The fourth-order valence-electron chi connectivity index (χ4n) is 1.41. The zero-order valence-electron chi connectivity index (χ0n) is 10.9. The van der Waals surface area contributed by atoms with Gasteiger partial charge in [0.05, 0.1) is 0 Å². The first-order chi connectivity index (χ1) is 7.34. The minimum Gasteiger partial charge on any atom is -0.396 e. The third-order valence-corrected chi connectivity index (χ3v) is 3.16. The third-order valence-electron chi connectivity index (χ3n) is 3.16. The summed E-state index contributed by atoms with van der Waals surface area (Å²) in [6, 6.07) is -0.102. The number of carbonyl (C=O) groups excluding carboxylic acids is 1. The van der Waals surface area contributed by atoms with Gasteiger partial charge in [0.1, 0.15) is 0 Å². The van der Waals surface area contributed by atoms with E-state index in [0.29, 0.717) is 18.8 Å². The molecule has 0 aliphatic heterocycles. The average molecular weight is 230 g/mol. The molecular formula is C12H26N2O2.